The van der Waals surface area contributed by atoms with Crippen LogP contribution in [0.15, 0.2) is 43.6 Å². The predicted octanol–water partition coefficient (Wildman–Crippen LogP) is -2.64. The molecule has 2 aromatic heterocycles. The topological polar surface area (TPSA) is 220 Å². The van der Waals surface area contributed by atoms with E-state index in [0.717, 1.165) is 22.5 Å². The molecule has 2 atom stereocenters. The summed E-state index contributed by atoms with van der Waals surface area (Å²) in [6.07, 6.45) is 0. The maximum Gasteiger partial charge on any atom is 1.00 e. The van der Waals surface area contributed by atoms with Crippen LogP contribution in [0.3, 0.4) is 0 Å². The number of carboxylic acids is 1. The van der Waals surface area contributed by atoms with Crippen LogP contribution in [-0.2, 0) is 19.2 Å². The first-order valence-electron chi connectivity index (χ1n) is 11.1. The number of aliphatic carboxylic acids is 1. The Kier molecular flexibility index (Phi) is 9.52. The van der Waals surface area contributed by atoms with Gasteiger partial charge in [-0.2, -0.15) is 9.36 Å². The van der Waals surface area contributed by atoms with Crippen molar-refractivity contribution in [2.45, 2.75) is 15.6 Å². The Labute approximate surface area is 269 Å². The Morgan fingerprint density at radius 1 is 1.34 bits per heavy atom. The van der Waals surface area contributed by atoms with E-state index >= 15 is 0 Å². The summed E-state index contributed by atoms with van der Waals surface area (Å²) in [4.78, 5) is 60.3. The number of carbonyl (C=O) groups is 3. The molecule has 0 saturated carbocycles. The Morgan fingerprint density at radius 3 is 2.76 bits per heavy atom. The second-order valence-corrected chi connectivity index (χ2v) is 12.5. The minimum atomic E-state index is -1.30. The van der Waals surface area contributed by atoms with Gasteiger partial charge in [0.1, 0.15) is 30.0 Å². The van der Waals surface area contributed by atoms with Crippen LogP contribution in [0.4, 0.5) is 5.13 Å². The van der Waals surface area contributed by atoms with Crippen LogP contribution in [0.25, 0.3) is 10.1 Å². The van der Waals surface area contributed by atoms with Gasteiger partial charge in [0.05, 0.1) is 4.21 Å². The minimum Gasteiger partial charge on any atom is -0.870 e. The number of fused-ring (bicyclic) bond motifs is 2. The smallest absolute Gasteiger partial charge is 0.870 e. The summed E-state index contributed by atoms with van der Waals surface area (Å²) in [5.41, 5.74) is 5.16. The number of β-lactam (4-membered cyclic amide) rings is 1. The van der Waals surface area contributed by atoms with E-state index in [1.165, 1.54) is 54.1 Å². The van der Waals surface area contributed by atoms with E-state index < -0.39 is 46.1 Å². The Morgan fingerprint density at radius 2 is 2.10 bits per heavy atom. The quantitative estimate of drug-likeness (QED) is 0.0649. The van der Waals surface area contributed by atoms with Crippen LogP contribution < -0.4 is 51.1 Å². The van der Waals surface area contributed by atoms with E-state index in [4.69, 9.17) is 10.6 Å². The van der Waals surface area contributed by atoms with Gasteiger partial charge in [-0.25, -0.2) is 4.79 Å². The van der Waals surface area contributed by atoms with Gasteiger partial charge in [-0.1, -0.05) is 17.0 Å². The van der Waals surface area contributed by atoms with Gasteiger partial charge in [-0.05, 0) is 11.6 Å². The molecule has 0 unspecified atom stereocenters. The van der Waals surface area contributed by atoms with Gasteiger partial charge in [-0.3, -0.25) is 19.3 Å². The number of nitrogen functional groups attached to an aromatic ring is 1. The molecule has 0 bridgehead atoms. The number of nitrogens with one attached hydrogen (secondary N) is 1. The number of oxime groups is 1. The summed E-state index contributed by atoms with van der Waals surface area (Å²) in [6, 6.07) is 2.63. The second kappa shape index (κ2) is 12.6. The fourth-order valence-corrected chi connectivity index (χ4v) is 8.15. The van der Waals surface area contributed by atoms with Crippen molar-refractivity contribution in [2.24, 2.45) is 5.16 Å². The molecule has 1 aromatic carbocycles. The molecule has 19 heteroatoms. The van der Waals surface area contributed by atoms with Gasteiger partial charge in [0.25, 0.3) is 11.8 Å². The maximum atomic E-state index is 13.0. The number of thioether (sulfide) groups is 2. The molecule has 2 amide bonds. The van der Waals surface area contributed by atoms with Crippen molar-refractivity contribution in [2.75, 3.05) is 24.3 Å². The number of carboxylic acid groups (broad SMARTS) is 1. The molecule has 3 aromatic rings. The summed E-state index contributed by atoms with van der Waals surface area (Å²) in [6.45, 7) is 0. The zero-order chi connectivity index (χ0) is 28.7. The number of nitrogens with two attached hydrogens (primary N) is 1. The van der Waals surface area contributed by atoms with E-state index in [-0.39, 0.29) is 68.8 Å². The zero-order valence-electron chi connectivity index (χ0n) is 21.1. The predicted molar refractivity (Wildman–Crippen MR) is 147 cm³/mol. The van der Waals surface area contributed by atoms with Crippen LogP contribution in [0.2, 0.25) is 0 Å². The molecular formula is C22H17N6NaO8S4. The first-order chi connectivity index (χ1) is 19.1. The molecule has 2 aliphatic heterocycles. The average molecular weight is 645 g/mol. The molecule has 0 aliphatic carbocycles. The van der Waals surface area contributed by atoms with Crippen molar-refractivity contribution in [1.29, 1.82) is 0 Å². The first kappa shape index (κ1) is 31.1. The van der Waals surface area contributed by atoms with Crippen LogP contribution in [0, 0.1) is 0 Å². The number of aromatic hydroxyl groups is 1. The van der Waals surface area contributed by atoms with E-state index in [9.17, 15) is 34.5 Å². The molecule has 5 N–H and O–H groups in total. The molecule has 2 aliphatic rings. The summed E-state index contributed by atoms with van der Waals surface area (Å²) < 4.78 is 4.89. The van der Waals surface area contributed by atoms with Gasteiger partial charge in [0.2, 0.25) is 11.5 Å². The number of phenolic OH excluding ortho intramolecular Hbond substituents is 1. The van der Waals surface area contributed by atoms with Crippen molar-refractivity contribution >= 4 is 85.1 Å². The fourth-order valence-electron chi connectivity index (χ4n) is 3.99. The molecular weight excluding hydrogens is 628 g/mol. The Balaban J connectivity index is 0.00000387. The third-order valence-electron chi connectivity index (χ3n) is 5.76. The maximum absolute atomic E-state index is 13.0. The van der Waals surface area contributed by atoms with Gasteiger partial charge in [0.15, 0.2) is 10.6 Å². The molecule has 41 heavy (non-hydrogen) atoms. The summed E-state index contributed by atoms with van der Waals surface area (Å²) in [5.74, 6) is -3.49. The number of anilines is 1. The Hall–Kier alpha value is -2.87. The van der Waals surface area contributed by atoms with E-state index in [2.05, 4.69) is 19.8 Å². The third-order valence-corrected chi connectivity index (χ3v) is 10.0. The van der Waals surface area contributed by atoms with Gasteiger partial charge < -0.3 is 31.2 Å². The van der Waals surface area contributed by atoms with Crippen molar-refractivity contribution in [1.82, 2.24) is 19.6 Å². The van der Waals surface area contributed by atoms with Crippen LogP contribution in [0.1, 0.15) is 5.82 Å². The van der Waals surface area contributed by atoms with Gasteiger partial charge in [0, 0.05) is 39.2 Å². The van der Waals surface area contributed by atoms with Crippen molar-refractivity contribution in [3.05, 3.63) is 45.5 Å². The fraction of sp³-hybridized carbons (Fsp3) is 0.227. The van der Waals surface area contributed by atoms with Crippen molar-refractivity contribution < 1.29 is 64.1 Å². The van der Waals surface area contributed by atoms with Crippen LogP contribution in [-0.4, -0.2) is 78.0 Å². The Bertz CT molecular complexity index is 1690. The summed E-state index contributed by atoms with van der Waals surface area (Å²) >= 11 is 4.50. The van der Waals surface area contributed by atoms with Crippen molar-refractivity contribution in [3.8, 4) is 11.5 Å². The summed E-state index contributed by atoms with van der Waals surface area (Å²) in [5, 5.41) is 37.1. The number of carbonyl (C=O) groups excluding carboxylic acids is 2. The first-order valence-corrected chi connectivity index (χ1v) is 14.7. The number of hydrogen-bond donors (Lipinski definition) is 4. The number of hydrogen-bond acceptors (Lipinski definition) is 15. The monoisotopic (exact) mass is 644 g/mol. The number of amides is 2. The molecule has 4 heterocycles. The number of aromatic nitrogens is 2. The zero-order valence-corrected chi connectivity index (χ0v) is 26.4. The molecule has 14 nitrogen and oxygen atoms in total. The minimum absolute atomic E-state index is 0. The molecule has 0 radical (unpaired) electrons. The molecule has 208 valence electrons. The molecule has 1 saturated heterocycles. The van der Waals surface area contributed by atoms with Gasteiger partial charge >= 0.3 is 35.5 Å². The third kappa shape index (κ3) is 6.04. The second-order valence-electron chi connectivity index (χ2n) is 8.23. The average Bonchev–Trinajstić information content (AvgIpc) is 3.35. The van der Waals surface area contributed by atoms with Crippen LogP contribution >= 0.6 is 46.4 Å². The molecule has 1 fully saturated rings. The normalized spacial score (nSPS) is 18.4. The van der Waals surface area contributed by atoms with Crippen molar-refractivity contribution in [3.63, 3.8) is 0 Å². The largest absolute Gasteiger partial charge is 1.00 e. The van der Waals surface area contributed by atoms with Crippen LogP contribution in [0.5, 0.6) is 11.5 Å². The molecule has 0 spiro atoms. The SMILES string of the molecule is CO/N=C(/C(=O)N[C@@H]1C(=O)N2C(C(=O)O)=C(CSc3cc(=O)c4cc([O-])c(O)cc4s3)CS[C@H]12)c1nsc(N)n1.[Na+]. The van der Waals surface area contributed by atoms with E-state index in [0.29, 0.717) is 14.5 Å². The number of benzene rings is 1. The standard InChI is InChI=1S/C22H18N6O8S4.Na/c1-36-26-14(17-25-22(23)40-27-17)18(32)24-15-19(33)28-16(21(34)35)7(6-38-20(15)28)5-37-13-4-9(29)8-2-10(30)11(31)3-12(8)39-13;/h2-4,15,20,30-31H,5-6H2,1H3,(H,24,32)(H,34,35)(H2,23,25,27);/q;+1/p-1/b26-14+;/t15-,20-;/m1./s1. The van der Waals surface area contributed by atoms with E-state index in [1.807, 2.05) is 0 Å². The van der Waals surface area contributed by atoms with Gasteiger partial charge in [-0.15, -0.1) is 34.9 Å². The number of nitrogens with zero attached hydrogens (tertiary/aromatic N) is 4. The number of phenols is 1. The van der Waals surface area contributed by atoms with E-state index in [1.54, 1.807) is 0 Å². The molecule has 5 rings (SSSR count). The number of rotatable bonds is 8. The summed E-state index contributed by atoms with van der Waals surface area (Å²) in [7, 11) is 1.22.